The van der Waals surface area contributed by atoms with Gasteiger partial charge in [0.15, 0.2) is 0 Å². The van der Waals surface area contributed by atoms with Gasteiger partial charge < -0.3 is 15.1 Å². The van der Waals surface area contributed by atoms with Crippen LogP contribution in [0.4, 0.5) is 10.6 Å². The summed E-state index contributed by atoms with van der Waals surface area (Å²) in [6.07, 6.45) is 1.74. The van der Waals surface area contributed by atoms with E-state index in [0.29, 0.717) is 18.1 Å². The van der Waals surface area contributed by atoms with Gasteiger partial charge in [-0.15, -0.1) is 0 Å². The lowest BCUT2D eigenvalue weighted by molar-refractivity contribution is 0.197. The van der Waals surface area contributed by atoms with E-state index in [9.17, 15) is 4.79 Å². The van der Waals surface area contributed by atoms with Crippen molar-refractivity contribution in [3.05, 3.63) is 21.8 Å². The van der Waals surface area contributed by atoms with Gasteiger partial charge in [0.25, 0.3) is 0 Å². The normalized spacial score (nSPS) is 23.0. The van der Waals surface area contributed by atoms with Crippen LogP contribution in [0.5, 0.6) is 0 Å². The Morgan fingerprint density at radius 1 is 1.50 bits per heavy atom. The molecule has 1 aromatic rings. The van der Waals surface area contributed by atoms with E-state index in [2.05, 4.69) is 31.1 Å². The van der Waals surface area contributed by atoms with E-state index in [1.807, 2.05) is 11.0 Å². The van der Waals surface area contributed by atoms with Gasteiger partial charge in [0.1, 0.15) is 5.82 Å². The molecule has 1 unspecified atom stereocenters. The smallest absolute Gasteiger partial charge is 0.317 e. The zero-order chi connectivity index (χ0) is 12.7. The summed E-state index contributed by atoms with van der Waals surface area (Å²) in [5.41, 5.74) is 0. The SMILES string of the molecule is O=C1NCC2CN(c3ncc(Br)cc3Cl)CCN12. The number of hydrogen-bond acceptors (Lipinski definition) is 3. The molecule has 96 valence electrons. The first-order valence-electron chi connectivity index (χ1n) is 5.75. The number of nitrogens with zero attached hydrogens (tertiary/aromatic N) is 3. The molecule has 3 heterocycles. The van der Waals surface area contributed by atoms with E-state index in [1.54, 1.807) is 6.20 Å². The second-order valence-electron chi connectivity index (χ2n) is 4.44. The third kappa shape index (κ3) is 2.03. The molecule has 0 spiro atoms. The van der Waals surface area contributed by atoms with Gasteiger partial charge in [-0.1, -0.05) is 11.6 Å². The average Bonchev–Trinajstić information content (AvgIpc) is 2.71. The molecular formula is C11H12BrClN4O. The Morgan fingerprint density at radius 3 is 3.11 bits per heavy atom. The average molecular weight is 332 g/mol. The minimum absolute atomic E-state index is 0.0366. The second kappa shape index (κ2) is 4.59. The fraction of sp³-hybridized carbons (Fsp3) is 0.455. The molecule has 5 nitrogen and oxygen atoms in total. The minimum Gasteiger partial charge on any atom is -0.351 e. The first kappa shape index (κ1) is 12.0. The van der Waals surface area contributed by atoms with Crippen molar-refractivity contribution in [3.63, 3.8) is 0 Å². The number of halogens is 2. The summed E-state index contributed by atoms with van der Waals surface area (Å²) >= 11 is 9.55. The number of urea groups is 1. The number of hydrogen-bond donors (Lipinski definition) is 1. The van der Waals surface area contributed by atoms with Crippen LogP contribution in [-0.4, -0.2) is 48.1 Å². The Morgan fingerprint density at radius 2 is 2.33 bits per heavy atom. The van der Waals surface area contributed by atoms with Crippen LogP contribution in [0.2, 0.25) is 5.02 Å². The highest BCUT2D eigenvalue weighted by Crippen LogP contribution is 2.28. The second-order valence-corrected chi connectivity index (χ2v) is 5.76. The van der Waals surface area contributed by atoms with E-state index in [1.165, 1.54) is 0 Å². The summed E-state index contributed by atoms with van der Waals surface area (Å²) in [5.74, 6) is 0.791. The van der Waals surface area contributed by atoms with Crippen molar-refractivity contribution < 1.29 is 4.79 Å². The van der Waals surface area contributed by atoms with Gasteiger partial charge in [-0.25, -0.2) is 9.78 Å². The number of aromatic nitrogens is 1. The Balaban J connectivity index is 1.80. The van der Waals surface area contributed by atoms with Gasteiger partial charge in [0.05, 0.1) is 11.1 Å². The van der Waals surface area contributed by atoms with Crippen LogP contribution in [-0.2, 0) is 0 Å². The number of carbonyl (C=O) groups is 1. The van der Waals surface area contributed by atoms with Gasteiger partial charge in [-0.05, 0) is 22.0 Å². The van der Waals surface area contributed by atoms with Crippen molar-refractivity contribution in [3.8, 4) is 0 Å². The van der Waals surface area contributed by atoms with Crippen LogP contribution in [0.3, 0.4) is 0 Å². The summed E-state index contributed by atoms with van der Waals surface area (Å²) in [6.45, 7) is 2.94. The van der Waals surface area contributed by atoms with E-state index < -0.39 is 0 Å². The molecule has 2 aliphatic rings. The monoisotopic (exact) mass is 330 g/mol. The van der Waals surface area contributed by atoms with Crippen molar-refractivity contribution in [1.82, 2.24) is 15.2 Å². The van der Waals surface area contributed by atoms with Gasteiger partial charge in [0.2, 0.25) is 0 Å². The molecule has 0 aromatic carbocycles. The Labute approximate surface area is 118 Å². The summed E-state index contributed by atoms with van der Waals surface area (Å²) in [5, 5.41) is 3.49. The molecule has 2 amide bonds. The molecule has 0 radical (unpaired) electrons. The third-order valence-corrected chi connectivity index (χ3v) is 4.03. The molecule has 0 saturated carbocycles. The predicted octanol–water partition coefficient (Wildman–Crippen LogP) is 1.71. The molecule has 2 saturated heterocycles. The summed E-state index contributed by atoms with van der Waals surface area (Å²) in [6, 6.07) is 2.09. The predicted molar refractivity (Wildman–Crippen MR) is 73.1 cm³/mol. The molecule has 1 aromatic heterocycles. The van der Waals surface area contributed by atoms with E-state index in [4.69, 9.17) is 11.6 Å². The van der Waals surface area contributed by atoms with Crippen molar-refractivity contribution in [1.29, 1.82) is 0 Å². The Kier molecular flexibility index (Phi) is 3.07. The third-order valence-electron chi connectivity index (χ3n) is 3.32. The molecule has 0 bridgehead atoms. The maximum absolute atomic E-state index is 11.5. The van der Waals surface area contributed by atoms with E-state index in [-0.39, 0.29) is 12.1 Å². The molecule has 3 rings (SSSR count). The highest BCUT2D eigenvalue weighted by Gasteiger charge is 2.36. The lowest BCUT2D eigenvalue weighted by Gasteiger charge is -2.37. The Bertz CT molecular complexity index is 498. The van der Waals surface area contributed by atoms with Crippen molar-refractivity contribution in [2.75, 3.05) is 31.1 Å². The first-order chi connectivity index (χ1) is 8.65. The largest absolute Gasteiger partial charge is 0.351 e. The lowest BCUT2D eigenvalue weighted by Crippen LogP contribution is -2.52. The lowest BCUT2D eigenvalue weighted by atomic mass is 10.2. The highest BCUT2D eigenvalue weighted by atomic mass is 79.9. The number of pyridine rings is 1. The van der Waals surface area contributed by atoms with Gasteiger partial charge >= 0.3 is 6.03 Å². The standard InChI is InChI=1S/C11H12BrClN4O/c12-7-3-9(13)10(14-4-7)16-1-2-17-8(6-16)5-15-11(17)18/h3-4,8H,1-2,5-6H2,(H,15,18). The van der Waals surface area contributed by atoms with E-state index >= 15 is 0 Å². The van der Waals surface area contributed by atoms with Crippen LogP contribution < -0.4 is 10.2 Å². The fourth-order valence-corrected chi connectivity index (χ4v) is 3.19. The molecule has 0 aliphatic carbocycles. The summed E-state index contributed by atoms with van der Waals surface area (Å²) in [7, 11) is 0. The van der Waals surface area contributed by atoms with Crippen molar-refractivity contribution in [2.24, 2.45) is 0 Å². The van der Waals surface area contributed by atoms with Crippen LogP contribution in [0.25, 0.3) is 0 Å². The quantitative estimate of drug-likeness (QED) is 0.852. The zero-order valence-electron chi connectivity index (χ0n) is 9.57. The van der Waals surface area contributed by atoms with Crippen LogP contribution in [0.1, 0.15) is 0 Å². The minimum atomic E-state index is 0.0366. The number of nitrogens with one attached hydrogen (secondary N) is 1. The van der Waals surface area contributed by atoms with Gasteiger partial charge in [-0.2, -0.15) is 0 Å². The maximum atomic E-state index is 11.5. The van der Waals surface area contributed by atoms with Crippen LogP contribution in [0.15, 0.2) is 16.7 Å². The highest BCUT2D eigenvalue weighted by molar-refractivity contribution is 9.10. The topological polar surface area (TPSA) is 48.5 Å². The van der Waals surface area contributed by atoms with Crippen molar-refractivity contribution >= 4 is 39.4 Å². The first-order valence-corrected chi connectivity index (χ1v) is 6.93. The summed E-state index contributed by atoms with van der Waals surface area (Å²) < 4.78 is 0.868. The number of carbonyl (C=O) groups excluding carboxylic acids is 1. The molecule has 7 heteroatoms. The summed E-state index contributed by atoms with van der Waals surface area (Å²) in [4.78, 5) is 19.9. The van der Waals surface area contributed by atoms with Crippen molar-refractivity contribution in [2.45, 2.75) is 6.04 Å². The number of piperazine rings is 1. The molecule has 1 N–H and O–H groups in total. The Hall–Kier alpha value is -1.01. The number of amides is 2. The number of fused-ring (bicyclic) bond motifs is 1. The molecule has 18 heavy (non-hydrogen) atoms. The molecular weight excluding hydrogens is 320 g/mol. The molecule has 2 fully saturated rings. The number of rotatable bonds is 1. The van der Waals surface area contributed by atoms with Crippen LogP contribution in [0, 0.1) is 0 Å². The fourth-order valence-electron chi connectivity index (χ4n) is 2.44. The maximum Gasteiger partial charge on any atom is 0.317 e. The van der Waals surface area contributed by atoms with Crippen LogP contribution >= 0.6 is 27.5 Å². The molecule has 1 atom stereocenters. The van der Waals surface area contributed by atoms with Gasteiger partial charge in [0, 0.05) is 36.8 Å². The molecule has 2 aliphatic heterocycles. The zero-order valence-corrected chi connectivity index (χ0v) is 11.9. The van der Waals surface area contributed by atoms with Gasteiger partial charge in [-0.3, -0.25) is 0 Å². The number of anilines is 1. The van der Waals surface area contributed by atoms with E-state index in [0.717, 1.165) is 23.4 Å².